The van der Waals surface area contributed by atoms with Gasteiger partial charge < -0.3 is 14.8 Å². The summed E-state index contributed by atoms with van der Waals surface area (Å²) < 4.78 is 10.8. The predicted octanol–water partition coefficient (Wildman–Crippen LogP) is 1.63. The third-order valence-electron chi connectivity index (χ3n) is 4.32. The third kappa shape index (κ3) is 3.53. The van der Waals surface area contributed by atoms with Crippen LogP contribution in [-0.4, -0.2) is 50.7 Å². The van der Waals surface area contributed by atoms with Crippen LogP contribution in [0.1, 0.15) is 25.0 Å². The molecule has 1 aromatic rings. The fourth-order valence-electron chi connectivity index (χ4n) is 2.94. The largest absolute Gasteiger partial charge is 0.493 e. The van der Waals surface area contributed by atoms with Crippen molar-refractivity contribution in [2.75, 3.05) is 33.9 Å². The molecule has 0 aliphatic carbocycles. The standard InChI is InChI=1S/C17H26N2O3/c1-5-18-17(20)12(2)19-8-6-13-10-15(21-3)16(22-4)11-14(13)7-9-19/h10-12H,5-9H2,1-4H3,(H,18,20). The third-order valence-corrected chi connectivity index (χ3v) is 4.32. The van der Waals surface area contributed by atoms with E-state index in [-0.39, 0.29) is 11.9 Å². The molecular formula is C17H26N2O3. The summed E-state index contributed by atoms with van der Waals surface area (Å²) >= 11 is 0. The Morgan fingerprint density at radius 3 is 2.09 bits per heavy atom. The molecule has 1 aliphatic rings. The molecule has 0 saturated carbocycles. The fraction of sp³-hybridized carbons (Fsp3) is 0.588. The molecule has 5 heteroatoms. The summed E-state index contributed by atoms with van der Waals surface area (Å²) in [6.45, 7) is 6.34. The molecule has 0 fully saturated rings. The minimum atomic E-state index is -0.0990. The maximum absolute atomic E-state index is 12.0. The Balaban J connectivity index is 2.14. The normalized spacial score (nSPS) is 16.4. The number of hydrogen-bond donors (Lipinski definition) is 1. The van der Waals surface area contributed by atoms with Crippen LogP contribution in [0.5, 0.6) is 11.5 Å². The van der Waals surface area contributed by atoms with E-state index >= 15 is 0 Å². The molecule has 0 radical (unpaired) electrons. The Morgan fingerprint density at radius 1 is 1.18 bits per heavy atom. The van der Waals surface area contributed by atoms with Crippen LogP contribution in [0, 0.1) is 0 Å². The lowest BCUT2D eigenvalue weighted by Crippen LogP contribution is -2.46. The Morgan fingerprint density at radius 2 is 1.68 bits per heavy atom. The zero-order valence-corrected chi connectivity index (χ0v) is 13.9. The molecule has 1 amide bonds. The van der Waals surface area contributed by atoms with Gasteiger partial charge in [0.15, 0.2) is 11.5 Å². The minimum Gasteiger partial charge on any atom is -0.493 e. The molecule has 1 atom stereocenters. The number of amides is 1. The van der Waals surface area contributed by atoms with Gasteiger partial charge in [0, 0.05) is 19.6 Å². The molecule has 1 aliphatic heterocycles. The van der Waals surface area contributed by atoms with Gasteiger partial charge in [0.1, 0.15) is 0 Å². The van der Waals surface area contributed by atoms with E-state index < -0.39 is 0 Å². The van der Waals surface area contributed by atoms with Crippen LogP contribution in [0.3, 0.4) is 0 Å². The van der Waals surface area contributed by atoms with Crippen molar-refractivity contribution in [3.05, 3.63) is 23.3 Å². The van der Waals surface area contributed by atoms with Gasteiger partial charge in [-0.3, -0.25) is 9.69 Å². The van der Waals surface area contributed by atoms with E-state index in [1.807, 2.05) is 13.8 Å². The fourth-order valence-corrected chi connectivity index (χ4v) is 2.94. The van der Waals surface area contributed by atoms with Crippen molar-refractivity contribution in [1.29, 1.82) is 0 Å². The Kier molecular flexibility index (Phi) is 5.66. The summed E-state index contributed by atoms with van der Waals surface area (Å²) in [5, 5.41) is 2.90. The number of carbonyl (C=O) groups is 1. The quantitative estimate of drug-likeness (QED) is 0.898. The van der Waals surface area contributed by atoms with E-state index in [1.54, 1.807) is 14.2 Å². The highest BCUT2D eigenvalue weighted by Crippen LogP contribution is 2.32. The maximum Gasteiger partial charge on any atom is 0.237 e. The highest BCUT2D eigenvalue weighted by molar-refractivity contribution is 5.81. The van der Waals surface area contributed by atoms with Crippen LogP contribution in [0.2, 0.25) is 0 Å². The first kappa shape index (κ1) is 16.6. The van der Waals surface area contributed by atoms with Crippen molar-refractivity contribution in [1.82, 2.24) is 10.2 Å². The van der Waals surface area contributed by atoms with Crippen molar-refractivity contribution in [3.8, 4) is 11.5 Å². The van der Waals surface area contributed by atoms with Crippen LogP contribution in [0.4, 0.5) is 0 Å². The molecule has 1 aromatic carbocycles. The van der Waals surface area contributed by atoms with Crippen LogP contribution >= 0.6 is 0 Å². The monoisotopic (exact) mass is 306 g/mol. The second-order valence-corrected chi connectivity index (χ2v) is 5.58. The number of likely N-dealkylation sites (N-methyl/N-ethyl adjacent to an activating group) is 1. The first-order chi connectivity index (χ1) is 10.6. The molecule has 0 bridgehead atoms. The number of fused-ring (bicyclic) bond motifs is 1. The molecule has 0 aromatic heterocycles. The maximum atomic E-state index is 12.0. The molecule has 122 valence electrons. The summed E-state index contributed by atoms with van der Waals surface area (Å²) in [5.74, 6) is 1.64. The molecule has 22 heavy (non-hydrogen) atoms. The Labute approximate surface area is 132 Å². The lowest BCUT2D eigenvalue weighted by molar-refractivity contribution is -0.125. The summed E-state index contributed by atoms with van der Waals surface area (Å²) in [6.07, 6.45) is 1.83. The van der Waals surface area contributed by atoms with E-state index in [9.17, 15) is 4.79 Å². The zero-order chi connectivity index (χ0) is 16.1. The van der Waals surface area contributed by atoms with Gasteiger partial charge in [0.25, 0.3) is 0 Å². The summed E-state index contributed by atoms with van der Waals surface area (Å²) in [6, 6.07) is 4.03. The average molecular weight is 306 g/mol. The molecular weight excluding hydrogens is 280 g/mol. The zero-order valence-electron chi connectivity index (χ0n) is 13.9. The molecule has 2 rings (SSSR count). The number of rotatable bonds is 5. The van der Waals surface area contributed by atoms with Crippen LogP contribution in [0.25, 0.3) is 0 Å². The lowest BCUT2D eigenvalue weighted by Gasteiger charge is -2.26. The van der Waals surface area contributed by atoms with Crippen molar-refractivity contribution in [3.63, 3.8) is 0 Å². The van der Waals surface area contributed by atoms with E-state index in [4.69, 9.17) is 9.47 Å². The number of hydrogen-bond acceptors (Lipinski definition) is 4. The summed E-state index contributed by atoms with van der Waals surface area (Å²) in [4.78, 5) is 14.3. The second-order valence-electron chi connectivity index (χ2n) is 5.58. The van der Waals surface area contributed by atoms with Gasteiger partial charge in [-0.1, -0.05) is 0 Å². The van der Waals surface area contributed by atoms with Crippen molar-refractivity contribution in [2.24, 2.45) is 0 Å². The summed E-state index contributed by atoms with van der Waals surface area (Å²) in [7, 11) is 3.31. The van der Waals surface area contributed by atoms with Crippen LogP contribution in [-0.2, 0) is 17.6 Å². The predicted molar refractivity (Wildman–Crippen MR) is 86.7 cm³/mol. The Bertz CT molecular complexity index is 496. The van der Waals surface area contributed by atoms with Crippen LogP contribution < -0.4 is 14.8 Å². The van der Waals surface area contributed by atoms with Crippen molar-refractivity contribution in [2.45, 2.75) is 32.7 Å². The number of ether oxygens (including phenoxy) is 2. The minimum absolute atomic E-state index is 0.0990. The van der Waals surface area contributed by atoms with E-state index in [1.165, 1.54) is 11.1 Å². The highest BCUT2D eigenvalue weighted by Gasteiger charge is 2.24. The molecule has 1 unspecified atom stereocenters. The van der Waals surface area contributed by atoms with Gasteiger partial charge in [-0.2, -0.15) is 0 Å². The Hall–Kier alpha value is -1.75. The number of nitrogens with zero attached hydrogens (tertiary/aromatic N) is 1. The molecule has 1 N–H and O–H groups in total. The van der Waals surface area contributed by atoms with Gasteiger partial charge in [0.05, 0.1) is 20.3 Å². The van der Waals surface area contributed by atoms with E-state index in [0.29, 0.717) is 6.54 Å². The second kappa shape index (κ2) is 7.49. The highest BCUT2D eigenvalue weighted by atomic mass is 16.5. The van der Waals surface area contributed by atoms with Gasteiger partial charge in [-0.15, -0.1) is 0 Å². The van der Waals surface area contributed by atoms with Crippen molar-refractivity contribution >= 4 is 5.91 Å². The lowest BCUT2D eigenvalue weighted by atomic mass is 10.0. The topological polar surface area (TPSA) is 50.8 Å². The van der Waals surface area contributed by atoms with Gasteiger partial charge in [-0.05, 0) is 49.9 Å². The molecule has 5 nitrogen and oxygen atoms in total. The number of nitrogens with one attached hydrogen (secondary N) is 1. The number of carbonyl (C=O) groups excluding carboxylic acids is 1. The van der Waals surface area contributed by atoms with E-state index in [2.05, 4.69) is 22.3 Å². The molecule has 0 spiro atoms. The molecule has 1 heterocycles. The number of benzene rings is 1. The average Bonchev–Trinajstić information content (AvgIpc) is 2.74. The van der Waals surface area contributed by atoms with Crippen LogP contribution in [0.15, 0.2) is 12.1 Å². The van der Waals surface area contributed by atoms with Gasteiger partial charge >= 0.3 is 0 Å². The smallest absolute Gasteiger partial charge is 0.237 e. The SMILES string of the molecule is CCNC(=O)C(C)N1CCc2cc(OC)c(OC)cc2CC1. The molecule has 0 saturated heterocycles. The summed E-state index contributed by atoms with van der Waals surface area (Å²) in [5.41, 5.74) is 2.56. The van der Waals surface area contributed by atoms with E-state index in [0.717, 1.165) is 37.4 Å². The van der Waals surface area contributed by atoms with Gasteiger partial charge in [0.2, 0.25) is 5.91 Å². The first-order valence-corrected chi connectivity index (χ1v) is 7.86. The van der Waals surface area contributed by atoms with Gasteiger partial charge in [-0.25, -0.2) is 0 Å². The number of methoxy groups -OCH3 is 2. The first-order valence-electron chi connectivity index (χ1n) is 7.86. The van der Waals surface area contributed by atoms with Crippen molar-refractivity contribution < 1.29 is 14.3 Å².